The van der Waals surface area contributed by atoms with Gasteiger partial charge in [-0.05, 0) is 123 Å². The second-order valence-electron chi connectivity index (χ2n) is 15.6. The minimum absolute atomic E-state index is 0.152. The Balaban J connectivity index is 1.24. The summed E-state index contributed by atoms with van der Waals surface area (Å²) in [5.41, 5.74) is 0.461. The molecule has 246 valence electrons. The maximum Gasteiger partial charge on any atom is 0.328 e. The zero-order valence-corrected chi connectivity index (χ0v) is 28.0. The van der Waals surface area contributed by atoms with Crippen molar-refractivity contribution in [3.8, 4) is 0 Å². The topological polar surface area (TPSA) is 125 Å². The van der Waals surface area contributed by atoms with Gasteiger partial charge in [-0.1, -0.05) is 46.5 Å². The van der Waals surface area contributed by atoms with Gasteiger partial charge in [-0.15, -0.1) is 0 Å². The summed E-state index contributed by atoms with van der Waals surface area (Å²) in [6, 6.07) is -0.591. The first-order valence-corrected chi connectivity index (χ1v) is 19.2. The van der Waals surface area contributed by atoms with Crippen LogP contribution in [0.5, 0.6) is 0 Å². The molecule has 8 nitrogen and oxygen atoms in total. The van der Waals surface area contributed by atoms with Crippen molar-refractivity contribution in [3.05, 3.63) is 0 Å². The molecule has 0 unspecified atom stereocenters. The molecule has 5 aliphatic carbocycles. The number of fused-ring (bicyclic) bond motifs is 5. The van der Waals surface area contributed by atoms with Gasteiger partial charge in [0.25, 0.3) is 0 Å². The molecule has 5 rings (SSSR count). The number of amides is 3. The molecule has 5 saturated carbocycles. The lowest BCUT2D eigenvalue weighted by molar-refractivity contribution is -0.182. The fourth-order valence-corrected chi connectivity index (χ4v) is 13.0. The van der Waals surface area contributed by atoms with E-state index in [0.29, 0.717) is 67.2 Å². The van der Waals surface area contributed by atoms with Crippen molar-refractivity contribution >= 4 is 22.0 Å². The van der Waals surface area contributed by atoms with Gasteiger partial charge >= 0.3 is 6.03 Å². The Morgan fingerprint density at radius 1 is 0.884 bits per heavy atom. The number of rotatable bonds is 9. The van der Waals surface area contributed by atoms with Crippen molar-refractivity contribution in [2.24, 2.45) is 52.3 Å². The molecule has 0 heterocycles. The quantitative estimate of drug-likeness (QED) is 0.244. The number of hydrogen-bond acceptors (Lipinski definition) is 5. The minimum atomic E-state index is -3.62. The standard InChI is InChI=1S/C34H59N3O5S/c1-5-25-26(21-30(39)35-4)31-27-14-13-22(10-9-19-36-32(40)37-43(41,42)24-11-7-6-8-12-24)33(27,2)18-16-28(31)34(3)17-15-23(38)20-29(25)34/h22-29,31,38H,5-21H2,1-4H3,(H,35,39)(H2,36,37,40)/t22-,23+,25-,26+,27-,28-,29-,31-,33+,34+/m0/s1. The van der Waals surface area contributed by atoms with Gasteiger partial charge < -0.3 is 15.7 Å². The first-order valence-electron chi connectivity index (χ1n) is 17.6. The third kappa shape index (κ3) is 6.37. The summed E-state index contributed by atoms with van der Waals surface area (Å²) in [5, 5.41) is 16.0. The van der Waals surface area contributed by atoms with E-state index in [0.717, 1.165) is 57.8 Å². The van der Waals surface area contributed by atoms with Crippen molar-refractivity contribution in [2.45, 2.75) is 135 Å². The Kier molecular flexibility index (Phi) is 10.1. The third-order valence-electron chi connectivity index (χ3n) is 13.7. The number of urea groups is 1. The van der Waals surface area contributed by atoms with Crippen LogP contribution < -0.4 is 15.4 Å². The lowest BCUT2D eigenvalue weighted by Crippen LogP contribution is -2.60. The first-order chi connectivity index (χ1) is 20.4. The average molecular weight is 622 g/mol. The van der Waals surface area contributed by atoms with E-state index >= 15 is 0 Å². The predicted molar refractivity (Wildman–Crippen MR) is 170 cm³/mol. The molecule has 0 aromatic heterocycles. The molecule has 0 aromatic carbocycles. The molecule has 0 bridgehead atoms. The summed E-state index contributed by atoms with van der Waals surface area (Å²) in [6.07, 6.45) is 15.2. The highest BCUT2D eigenvalue weighted by Crippen LogP contribution is 2.70. The Morgan fingerprint density at radius 3 is 2.28 bits per heavy atom. The molecule has 4 N–H and O–H groups in total. The van der Waals surface area contributed by atoms with Gasteiger partial charge in [0.1, 0.15) is 0 Å². The molecule has 5 fully saturated rings. The molecule has 0 aromatic rings. The molecule has 0 radical (unpaired) electrons. The maximum absolute atomic E-state index is 12.9. The van der Waals surface area contributed by atoms with E-state index in [1.165, 1.54) is 25.7 Å². The summed E-state index contributed by atoms with van der Waals surface area (Å²) in [7, 11) is -1.86. The van der Waals surface area contributed by atoms with Crippen molar-refractivity contribution in [1.82, 2.24) is 15.4 Å². The number of sulfonamides is 1. The SMILES string of the molecule is CC[C@H]1[C@@H](CC(=O)NC)[C@@H]2[C@H](CC[C@]3(C)[C@@H](CCCNC(=O)NS(=O)(=O)C4CCCCC4)CC[C@@H]23)[C@@]2(C)CC[C@@H](O)C[C@@H]12. The molecular formula is C34H59N3O5S. The van der Waals surface area contributed by atoms with E-state index in [1.807, 2.05) is 0 Å². The van der Waals surface area contributed by atoms with Gasteiger partial charge in [0, 0.05) is 20.0 Å². The molecule has 10 atom stereocenters. The number of hydrogen-bond donors (Lipinski definition) is 4. The Labute approximate surface area is 260 Å². The maximum atomic E-state index is 12.9. The first kappa shape index (κ1) is 33.0. The van der Waals surface area contributed by atoms with Gasteiger partial charge in [-0.2, -0.15) is 0 Å². The van der Waals surface area contributed by atoms with Gasteiger partial charge in [-0.3, -0.25) is 4.79 Å². The molecule has 0 spiro atoms. The average Bonchev–Trinajstić information content (AvgIpc) is 3.32. The van der Waals surface area contributed by atoms with E-state index in [9.17, 15) is 23.1 Å². The molecule has 0 saturated heterocycles. The summed E-state index contributed by atoms with van der Waals surface area (Å²) in [5.74, 6) is 3.78. The Bertz CT molecular complexity index is 1110. The second-order valence-corrected chi connectivity index (χ2v) is 17.5. The van der Waals surface area contributed by atoms with Crippen molar-refractivity contribution in [2.75, 3.05) is 13.6 Å². The minimum Gasteiger partial charge on any atom is -0.393 e. The number of carbonyl (C=O) groups excluding carboxylic acids is 2. The van der Waals surface area contributed by atoms with E-state index < -0.39 is 21.3 Å². The fraction of sp³-hybridized carbons (Fsp3) is 0.941. The molecule has 43 heavy (non-hydrogen) atoms. The lowest BCUT2D eigenvalue weighted by atomic mass is 9.39. The lowest BCUT2D eigenvalue weighted by Gasteiger charge is -2.65. The number of carbonyl (C=O) groups is 2. The van der Waals surface area contributed by atoms with Crippen LogP contribution in [0.1, 0.15) is 124 Å². The van der Waals surface area contributed by atoms with Gasteiger partial charge in [0.15, 0.2) is 0 Å². The van der Waals surface area contributed by atoms with Gasteiger partial charge in [0.2, 0.25) is 15.9 Å². The van der Waals surface area contributed by atoms with E-state index in [2.05, 4.69) is 36.1 Å². The largest absolute Gasteiger partial charge is 0.393 e. The molecule has 9 heteroatoms. The number of nitrogens with one attached hydrogen (secondary N) is 3. The summed E-state index contributed by atoms with van der Waals surface area (Å²) >= 11 is 0. The van der Waals surface area contributed by atoms with E-state index in [4.69, 9.17) is 0 Å². The molecule has 5 aliphatic rings. The molecule has 0 aliphatic heterocycles. The van der Waals surface area contributed by atoms with Crippen molar-refractivity contribution < 1.29 is 23.1 Å². The number of aliphatic hydroxyl groups excluding tert-OH is 1. The van der Waals surface area contributed by atoms with Crippen LogP contribution in [0.15, 0.2) is 0 Å². The van der Waals surface area contributed by atoms with Crippen LogP contribution in [-0.4, -0.2) is 50.4 Å². The second kappa shape index (κ2) is 13.2. The van der Waals surface area contributed by atoms with Crippen LogP contribution in [0.4, 0.5) is 4.79 Å². The van der Waals surface area contributed by atoms with Crippen molar-refractivity contribution in [1.29, 1.82) is 0 Å². The fourth-order valence-electron chi connectivity index (χ4n) is 11.6. The van der Waals surface area contributed by atoms with Gasteiger partial charge in [-0.25, -0.2) is 17.9 Å². The molecule has 3 amide bonds. The zero-order valence-electron chi connectivity index (χ0n) is 27.2. The van der Waals surface area contributed by atoms with Crippen LogP contribution in [0, 0.1) is 52.3 Å². The molecular weight excluding hydrogens is 562 g/mol. The highest BCUT2D eigenvalue weighted by molar-refractivity contribution is 7.90. The number of aliphatic hydroxyl groups is 1. The van der Waals surface area contributed by atoms with Crippen molar-refractivity contribution in [3.63, 3.8) is 0 Å². The Hall–Kier alpha value is -1.35. The predicted octanol–water partition coefficient (Wildman–Crippen LogP) is 5.75. The highest BCUT2D eigenvalue weighted by Gasteiger charge is 2.64. The van der Waals surface area contributed by atoms with Crippen LogP contribution in [0.25, 0.3) is 0 Å². The third-order valence-corrected chi connectivity index (χ3v) is 15.6. The highest BCUT2D eigenvalue weighted by atomic mass is 32.2. The van der Waals surface area contributed by atoms with Crippen LogP contribution in [0.2, 0.25) is 0 Å². The Morgan fingerprint density at radius 2 is 1.58 bits per heavy atom. The van der Waals surface area contributed by atoms with Gasteiger partial charge in [0.05, 0.1) is 11.4 Å². The van der Waals surface area contributed by atoms with Crippen LogP contribution >= 0.6 is 0 Å². The monoisotopic (exact) mass is 621 g/mol. The van der Waals surface area contributed by atoms with E-state index in [1.54, 1.807) is 7.05 Å². The summed E-state index contributed by atoms with van der Waals surface area (Å²) in [6.45, 7) is 7.82. The summed E-state index contributed by atoms with van der Waals surface area (Å²) in [4.78, 5) is 25.4. The van der Waals surface area contributed by atoms with Crippen LogP contribution in [-0.2, 0) is 14.8 Å². The smallest absolute Gasteiger partial charge is 0.328 e. The normalized spacial score (nSPS) is 41.4. The van der Waals surface area contributed by atoms with Crippen LogP contribution in [0.3, 0.4) is 0 Å². The summed E-state index contributed by atoms with van der Waals surface area (Å²) < 4.78 is 27.5. The zero-order chi connectivity index (χ0) is 31.0. The van der Waals surface area contributed by atoms with E-state index in [-0.39, 0.29) is 22.8 Å².